The molecule has 0 unspecified atom stereocenters. The molecule has 3 rings (SSSR count). The quantitative estimate of drug-likeness (QED) is 0.294. The molecule has 3 aromatic rings. The van der Waals surface area contributed by atoms with Crippen molar-refractivity contribution in [3.63, 3.8) is 0 Å². The van der Waals surface area contributed by atoms with E-state index in [0.717, 1.165) is 18.1 Å². The Labute approximate surface area is 172 Å². The van der Waals surface area contributed by atoms with Crippen molar-refractivity contribution < 1.29 is 23.1 Å². The Morgan fingerprint density at radius 3 is 1.44 bits per heavy atom. The van der Waals surface area contributed by atoms with Gasteiger partial charge >= 0.3 is 73.4 Å². The first-order chi connectivity index (χ1) is 12.7. The molecule has 0 aliphatic heterocycles. The van der Waals surface area contributed by atoms with Gasteiger partial charge < -0.3 is 7.43 Å². The number of benzene rings is 1. The summed E-state index contributed by atoms with van der Waals surface area (Å²) in [6, 6.07) is 20.3. The van der Waals surface area contributed by atoms with Gasteiger partial charge in [-0.3, -0.25) is 19.6 Å². The molecule has 0 amide bonds. The van der Waals surface area contributed by atoms with Gasteiger partial charge in [0, 0.05) is 12.4 Å². The Morgan fingerprint density at radius 2 is 1.15 bits per heavy atom. The summed E-state index contributed by atoms with van der Waals surface area (Å²) in [6.07, 6.45) is 4.62. The molecular formula is C20H19Cl2N2O2Ru-. The van der Waals surface area contributed by atoms with E-state index in [0.29, 0.717) is 11.4 Å². The van der Waals surface area contributed by atoms with E-state index < -0.39 is 13.5 Å². The first-order valence-electron chi connectivity index (χ1n) is 7.26. The van der Waals surface area contributed by atoms with Crippen LogP contribution in [0.1, 0.15) is 26.5 Å². The van der Waals surface area contributed by atoms with Crippen molar-refractivity contribution in [3.8, 4) is 0 Å². The van der Waals surface area contributed by atoms with E-state index in [1.165, 1.54) is 0 Å². The van der Waals surface area contributed by atoms with Crippen LogP contribution in [0.3, 0.4) is 0 Å². The molecule has 0 aliphatic rings. The number of carbonyl (C=O) groups excluding carboxylic acids is 2. The number of carbonyl (C=O) groups is 2. The van der Waals surface area contributed by atoms with Crippen LogP contribution < -0.4 is 0 Å². The van der Waals surface area contributed by atoms with Crippen LogP contribution in [0, 0.1) is 7.43 Å². The van der Waals surface area contributed by atoms with Crippen LogP contribution in [0.25, 0.3) is 0 Å². The predicted octanol–water partition coefficient (Wildman–Crippen LogP) is 5.00. The Morgan fingerprint density at radius 1 is 0.704 bits per heavy atom. The molecule has 0 saturated carbocycles. The van der Waals surface area contributed by atoms with Gasteiger partial charge in [-0.15, -0.1) is 0 Å². The third-order valence-corrected chi connectivity index (χ3v) is 4.48. The van der Waals surface area contributed by atoms with Crippen LogP contribution >= 0.6 is 19.4 Å². The van der Waals surface area contributed by atoms with Crippen molar-refractivity contribution in [2.75, 3.05) is 0 Å². The molecule has 0 radical (unpaired) electrons. The molecule has 0 N–H and O–H groups in total. The number of aromatic nitrogens is 2. The Kier molecular flexibility index (Phi) is 14.9. The maximum absolute atomic E-state index is 9.94. The van der Waals surface area contributed by atoms with Gasteiger partial charge in [0.05, 0.1) is 0 Å². The van der Waals surface area contributed by atoms with E-state index in [1.807, 2.05) is 34.9 Å². The van der Waals surface area contributed by atoms with Crippen molar-refractivity contribution in [1.29, 1.82) is 0 Å². The zero-order valence-electron chi connectivity index (χ0n) is 14.6. The number of halogens is 2. The van der Waals surface area contributed by atoms with Gasteiger partial charge in [-0.1, -0.05) is 12.1 Å². The molecule has 0 saturated heterocycles. The first kappa shape index (κ1) is 24.9. The second-order valence-corrected chi connectivity index (χ2v) is 10.2. The van der Waals surface area contributed by atoms with Gasteiger partial charge in [-0.05, 0) is 24.3 Å². The normalized spacial score (nSPS) is 9.04. The summed E-state index contributed by atoms with van der Waals surface area (Å²) in [5.74, 6) is 0. The van der Waals surface area contributed by atoms with E-state index in [1.54, 1.807) is 48.8 Å². The zero-order chi connectivity index (χ0) is 19.0. The first-order valence-corrected chi connectivity index (χ1v) is 12.7. The minimum absolute atomic E-state index is 0. The van der Waals surface area contributed by atoms with E-state index in [4.69, 9.17) is 19.4 Å². The third-order valence-electron chi connectivity index (χ3n) is 2.61. The van der Waals surface area contributed by atoms with E-state index in [9.17, 15) is 9.59 Å². The van der Waals surface area contributed by atoms with E-state index >= 15 is 0 Å². The molecule has 4 nitrogen and oxygen atoms in total. The molecule has 0 atom stereocenters. The summed E-state index contributed by atoms with van der Waals surface area (Å²) < 4.78 is 1.92. The second-order valence-electron chi connectivity index (χ2n) is 4.46. The monoisotopic (exact) mass is 491 g/mol. The minimum atomic E-state index is -1.61. The maximum atomic E-state index is 9.94. The fourth-order valence-electron chi connectivity index (χ4n) is 1.50. The van der Waals surface area contributed by atoms with E-state index in [-0.39, 0.29) is 7.43 Å². The van der Waals surface area contributed by atoms with E-state index in [2.05, 4.69) is 9.97 Å². The fraction of sp³-hybridized carbons (Fsp3) is 0. The van der Waals surface area contributed by atoms with Crippen LogP contribution in [-0.2, 0) is 13.5 Å². The standard InChI is InChI=1S/C7H6.2C6H5NO.CH3.2ClH.Ru/c1-7-5-3-2-4-6-7;2*8-5-6-3-1-2-4-7-6;;;;/h1-6H;2*1-5H;1H3;2*1H;/q;;;-1;;;+2/p-2. The van der Waals surface area contributed by atoms with Crippen molar-refractivity contribution in [1.82, 2.24) is 9.97 Å². The van der Waals surface area contributed by atoms with Gasteiger partial charge in [0.15, 0.2) is 12.6 Å². The molecule has 0 fully saturated rings. The number of pyridine rings is 2. The van der Waals surface area contributed by atoms with Gasteiger partial charge in [0.25, 0.3) is 0 Å². The van der Waals surface area contributed by atoms with Crippen molar-refractivity contribution in [3.05, 3.63) is 104 Å². The van der Waals surface area contributed by atoms with Crippen LogP contribution in [0.2, 0.25) is 0 Å². The molecule has 0 bridgehead atoms. The molecule has 0 spiro atoms. The molecule has 1 aromatic carbocycles. The molecule has 2 aromatic heterocycles. The SMILES string of the molecule is O=Cc1ccccn1.O=Cc1ccccn1.[CH3-].[Cl][Ru]([Cl])=[CH]c1ccccc1. The van der Waals surface area contributed by atoms with Crippen LogP contribution in [0.15, 0.2) is 79.1 Å². The summed E-state index contributed by atoms with van der Waals surface area (Å²) in [6.45, 7) is 0. The van der Waals surface area contributed by atoms with Crippen LogP contribution in [0.4, 0.5) is 0 Å². The molecule has 7 heteroatoms. The number of aldehydes is 2. The summed E-state index contributed by atoms with van der Waals surface area (Å²) in [5, 5.41) is 0. The number of hydrogen-bond acceptors (Lipinski definition) is 4. The number of nitrogens with zero attached hydrogens (tertiary/aromatic N) is 2. The van der Waals surface area contributed by atoms with Crippen molar-refractivity contribution >= 4 is 36.6 Å². The summed E-state index contributed by atoms with van der Waals surface area (Å²) >= 11 is -1.61. The molecular weight excluding hydrogens is 472 g/mol. The summed E-state index contributed by atoms with van der Waals surface area (Å²) in [4.78, 5) is 27.3. The molecule has 144 valence electrons. The topological polar surface area (TPSA) is 59.9 Å². The average Bonchev–Trinajstić information content (AvgIpc) is 2.70. The van der Waals surface area contributed by atoms with Crippen LogP contribution in [0.5, 0.6) is 0 Å². The number of rotatable bonds is 3. The fourth-order valence-corrected chi connectivity index (χ4v) is 3.33. The predicted molar refractivity (Wildman–Crippen MR) is 109 cm³/mol. The summed E-state index contributed by atoms with van der Waals surface area (Å²) in [5.41, 5.74) is 2.08. The van der Waals surface area contributed by atoms with Crippen molar-refractivity contribution in [2.24, 2.45) is 0 Å². The van der Waals surface area contributed by atoms with Gasteiger partial charge in [0.1, 0.15) is 11.4 Å². The van der Waals surface area contributed by atoms with Crippen LogP contribution in [-0.4, -0.2) is 27.1 Å². The summed E-state index contributed by atoms with van der Waals surface area (Å²) in [7, 11) is 11.3. The molecule has 0 aliphatic carbocycles. The van der Waals surface area contributed by atoms with Gasteiger partial charge in [0.2, 0.25) is 0 Å². The van der Waals surface area contributed by atoms with Gasteiger partial charge in [-0.2, -0.15) is 0 Å². The zero-order valence-corrected chi connectivity index (χ0v) is 17.8. The third kappa shape index (κ3) is 12.9. The Hall–Kier alpha value is -2.07. The second kappa shape index (κ2) is 16.1. The Balaban J connectivity index is 0.000000372. The molecule has 27 heavy (non-hydrogen) atoms. The van der Waals surface area contributed by atoms with Gasteiger partial charge in [-0.25, -0.2) is 0 Å². The average molecular weight is 491 g/mol. The Bertz CT molecular complexity index is 754. The van der Waals surface area contributed by atoms with Crippen molar-refractivity contribution in [2.45, 2.75) is 0 Å². The molecule has 2 heterocycles. The number of hydrogen-bond donors (Lipinski definition) is 0.